The zero-order valence-corrected chi connectivity index (χ0v) is 19.1. The smallest absolute Gasteiger partial charge is 0.407 e. The zero-order chi connectivity index (χ0) is 22.1. The number of aliphatic hydroxyl groups excluding tert-OH is 1. The molecule has 2 aromatic rings. The van der Waals surface area contributed by atoms with Crippen LogP contribution in [0.1, 0.15) is 31.9 Å². The number of rotatable bonds is 9. The maximum atomic E-state index is 12.3. The van der Waals surface area contributed by atoms with Crippen molar-refractivity contribution in [1.29, 1.82) is 0 Å². The van der Waals surface area contributed by atoms with Crippen molar-refractivity contribution in [3.05, 3.63) is 69.7 Å². The number of amides is 1. The molecule has 0 heterocycles. The normalized spacial score (nSPS) is 13.5. The molecule has 0 aliphatic heterocycles. The van der Waals surface area contributed by atoms with Crippen LogP contribution >= 0.6 is 23.2 Å². The Balaban J connectivity index is 1.92. The molecule has 0 bridgehead atoms. The van der Waals surface area contributed by atoms with E-state index in [-0.39, 0.29) is 0 Å². The van der Waals surface area contributed by atoms with Gasteiger partial charge in [-0.3, -0.25) is 0 Å². The summed E-state index contributed by atoms with van der Waals surface area (Å²) in [5.41, 5.74) is 1.39. The van der Waals surface area contributed by atoms with Gasteiger partial charge in [-0.2, -0.15) is 0 Å². The Morgan fingerprint density at radius 2 is 1.83 bits per heavy atom. The van der Waals surface area contributed by atoms with E-state index in [4.69, 9.17) is 27.9 Å². The highest BCUT2D eigenvalue weighted by molar-refractivity contribution is 6.35. The van der Waals surface area contributed by atoms with Crippen molar-refractivity contribution < 1.29 is 14.6 Å². The first-order valence-corrected chi connectivity index (χ1v) is 10.8. The Labute approximate surface area is 188 Å². The predicted octanol–water partition coefficient (Wildman–Crippen LogP) is 4.62. The molecule has 0 spiro atoms. The van der Waals surface area contributed by atoms with Crippen LogP contribution in [0.4, 0.5) is 4.79 Å². The number of hydrogen-bond acceptors (Lipinski definition) is 4. The third-order valence-corrected chi connectivity index (χ3v) is 4.99. The van der Waals surface area contributed by atoms with E-state index in [1.165, 1.54) is 0 Å². The molecule has 2 atom stereocenters. The van der Waals surface area contributed by atoms with Crippen LogP contribution in [0.2, 0.25) is 10.0 Å². The molecule has 5 nitrogen and oxygen atoms in total. The third-order valence-electron chi connectivity index (χ3n) is 4.40. The summed E-state index contributed by atoms with van der Waals surface area (Å²) < 4.78 is 5.36. The molecular formula is C23H30Cl2N2O3. The van der Waals surface area contributed by atoms with Crippen molar-refractivity contribution in [3.8, 4) is 0 Å². The largest absolute Gasteiger partial charge is 0.444 e. The van der Waals surface area contributed by atoms with Crippen LogP contribution in [0.15, 0.2) is 48.5 Å². The van der Waals surface area contributed by atoms with Gasteiger partial charge in [0.1, 0.15) is 5.60 Å². The minimum atomic E-state index is -0.793. The van der Waals surface area contributed by atoms with Gasteiger partial charge in [-0.1, -0.05) is 59.6 Å². The van der Waals surface area contributed by atoms with Crippen molar-refractivity contribution in [2.75, 3.05) is 13.1 Å². The molecule has 1 amide bonds. The summed E-state index contributed by atoms with van der Waals surface area (Å²) in [6.07, 6.45) is -0.147. The number of benzene rings is 2. The highest BCUT2D eigenvalue weighted by Crippen LogP contribution is 2.21. The number of ether oxygens (including phenoxy) is 1. The SMILES string of the molecule is CC(C)(C)OC(=O)N[C@@H](Cc1ccccc1)[C@@H](O)CNCCc1ccc(Cl)cc1Cl. The lowest BCUT2D eigenvalue weighted by Gasteiger charge is -2.27. The molecule has 3 N–H and O–H groups in total. The molecular weight excluding hydrogens is 423 g/mol. The molecule has 30 heavy (non-hydrogen) atoms. The van der Waals surface area contributed by atoms with E-state index in [1.54, 1.807) is 32.9 Å². The minimum absolute atomic E-state index is 0.318. The second-order valence-electron chi connectivity index (χ2n) is 8.20. The van der Waals surface area contributed by atoms with Crippen molar-refractivity contribution in [1.82, 2.24) is 10.6 Å². The van der Waals surface area contributed by atoms with E-state index >= 15 is 0 Å². The molecule has 7 heteroatoms. The molecule has 0 aliphatic carbocycles. The van der Waals surface area contributed by atoms with Gasteiger partial charge in [0.2, 0.25) is 0 Å². The fourth-order valence-corrected chi connectivity index (χ4v) is 3.45. The van der Waals surface area contributed by atoms with Gasteiger partial charge in [-0.15, -0.1) is 0 Å². The van der Waals surface area contributed by atoms with E-state index in [2.05, 4.69) is 10.6 Å². The molecule has 2 rings (SSSR count). The van der Waals surface area contributed by atoms with Gasteiger partial charge in [0.05, 0.1) is 12.1 Å². The highest BCUT2D eigenvalue weighted by Gasteiger charge is 2.24. The Morgan fingerprint density at radius 3 is 2.47 bits per heavy atom. The lowest BCUT2D eigenvalue weighted by atomic mass is 10.0. The number of carbonyl (C=O) groups excluding carboxylic acids is 1. The lowest BCUT2D eigenvalue weighted by molar-refractivity contribution is 0.0423. The van der Waals surface area contributed by atoms with E-state index in [1.807, 2.05) is 36.4 Å². The summed E-state index contributed by atoms with van der Waals surface area (Å²) in [4.78, 5) is 12.3. The van der Waals surface area contributed by atoms with Crippen LogP contribution in [0.3, 0.4) is 0 Å². The number of nitrogens with one attached hydrogen (secondary N) is 2. The van der Waals surface area contributed by atoms with Gasteiger partial charge in [0.15, 0.2) is 0 Å². The highest BCUT2D eigenvalue weighted by atomic mass is 35.5. The van der Waals surface area contributed by atoms with Crippen molar-refractivity contribution >= 4 is 29.3 Å². The summed E-state index contributed by atoms with van der Waals surface area (Å²) in [5.74, 6) is 0. The second kappa shape index (κ2) is 11.6. The molecule has 0 aromatic heterocycles. The van der Waals surface area contributed by atoms with Gasteiger partial charge in [0, 0.05) is 16.6 Å². The maximum absolute atomic E-state index is 12.3. The molecule has 164 valence electrons. The molecule has 0 saturated heterocycles. The average Bonchev–Trinajstić information content (AvgIpc) is 2.65. The topological polar surface area (TPSA) is 70.6 Å². The van der Waals surface area contributed by atoms with Gasteiger partial charge < -0.3 is 20.5 Å². The van der Waals surface area contributed by atoms with Crippen LogP contribution in [-0.4, -0.2) is 42.0 Å². The van der Waals surface area contributed by atoms with Crippen molar-refractivity contribution in [2.45, 2.75) is 51.4 Å². The molecule has 0 radical (unpaired) electrons. The molecule has 0 unspecified atom stereocenters. The van der Waals surface area contributed by atoms with Crippen LogP contribution < -0.4 is 10.6 Å². The fraction of sp³-hybridized carbons (Fsp3) is 0.435. The van der Waals surface area contributed by atoms with E-state index in [9.17, 15) is 9.90 Å². The monoisotopic (exact) mass is 452 g/mol. The first-order valence-electron chi connectivity index (χ1n) is 10.00. The summed E-state index contributed by atoms with van der Waals surface area (Å²) >= 11 is 12.1. The number of halogens is 2. The van der Waals surface area contributed by atoms with E-state index < -0.39 is 23.8 Å². The molecule has 2 aromatic carbocycles. The molecule has 0 saturated carbocycles. The van der Waals surface area contributed by atoms with E-state index in [0.29, 0.717) is 36.0 Å². The maximum Gasteiger partial charge on any atom is 0.407 e. The average molecular weight is 453 g/mol. The predicted molar refractivity (Wildman–Crippen MR) is 122 cm³/mol. The standard InChI is InChI=1S/C23H30Cl2N2O3/c1-23(2,3)30-22(29)27-20(13-16-7-5-4-6-8-16)21(28)15-26-12-11-17-9-10-18(24)14-19(17)25/h4-10,14,20-21,26,28H,11-13,15H2,1-3H3,(H,27,29)/t20-,21-/m0/s1. The van der Waals surface area contributed by atoms with E-state index in [0.717, 1.165) is 11.1 Å². The Bertz CT molecular complexity index is 810. The van der Waals surface area contributed by atoms with Gasteiger partial charge in [-0.25, -0.2) is 4.79 Å². The number of hydrogen-bond donors (Lipinski definition) is 3. The second-order valence-corrected chi connectivity index (χ2v) is 9.04. The Morgan fingerprint density at radius 1 is 1.13 bits per heavy atom. The number of carbonyl (C=O) groups is 1. The van der Waals surface area contributed by atoms with Gasteiger partial charge in [-0.05, 0) is 63.4 Å². The minimum Gasteiger partial charge on any atom is -0.444 e. The zero-order valence-electron chi connectivity index (χ0n) is 17.6. The summed E-state index contributed by atoms with van der Waals surface area (Å²) in [6.45, 7) is 6.36. The summed E-state index contributed by atoms with van der Waals surface area (Å²) in [7, 11) is 0. The van der Waals surface area contributed by atoms with Crippen molar-refractivity contribution in [3.63, 3.8) is 0 Å². The Hall–Kier alpha value is -1.79. The van der Waals surface area contributed by atoms with Crippen LogP contribution in [0.5, 0.6) is 0 Å². The first kappa shape index (κ1) is 24.5. The molecule has 0 aliphatic rings. The fourth-order valence-electron chi connectivity index (χ4n) is 2.95. The van der Waals surface area contributed by atoms with Crippen LogP contribution in [0, 0.1) is 0 Å². The van der Waals surface area contributed by atoms with Gasteiger partial charge in [0.25, 0.3) is 0 Å². The summed E-state index contributed by atoms with van der Waals surface area (Å²) in [5, 5.41) is 18.0. The van der Waals surface area contributed by atoms with Crippen molar-refractivity contribution in [2.24, 2.45) is 0 Å². The van der Waals surface area contributed by atoms with Crippen LogP contribution in [0.25, 0.3) is 0 Å². The summed E-state index contributed by atoms with van der Waals surface area (Å²) in [6, 6.07) is 14.6. The molecule has 0 fully saturated rings. The first-order chi connectivity index (χ1) is 14.1. The number of aliphatic hydroxyl groups is 1. The quantitative estimate of drug-likeness (QED) is 0.485. The number of alkyl carbamates (subject to hydrolysis) is 1. The lowest BCUT2D eigenvalue weighted by Crippen LogP contribution is -2.50. The Kier molecular flexibility index (Phi) is 9.43. The van der Waals surface area contributed by atoms with Gasteiger partial charge >= 0.3 is 6.09 Å². The third kappa shape index (κ3) is 8.92. The van der Waals surface area contributed by atoms with Crippen LogP contribution in [-0.2, 0) is 17.6 Å².